The Morgan fingerprint density at radius 3 is 1.86 bits per heavy atom. The second-order valence-corrected chi connectivity index (χ2v) is 5.02. The van der Waals surface area contributed by atoms with E-state index < -0.39 is 16.8 Å². The lowest BCUT2D eigenvalue weighted by Crippen LogP contribution is -2.01. The number of hydrogen-bond donors (Lipinski definition) is 2. The molecular formula is C16H12N2O4. The van der Waals surface area contributed by atoms with E-state index in [-0.39, 0.29) is 5.69 Å². The highest BCUT2D eigenvalue weighted by molar-refractivity contribution is 6.21. The SMILES string of the molecule is Nc1ccc(C2=C(c3ccc([N+](=O)[O-])cc3)C2C(=O)O)cc1. The van der Waals surface area contributed by atoms with Gasteiger partial charge in [0.1, 0.15) is 5.92 Å². The first-order valence-corrected chi connectivity index (χ1v) is 6.56. The standard InChI is InChI=1S/C16H12N2O4/c17-11-5-1-9(2-6-11)13-14(15(13)16(19)20)10-3-7-12(8-4-10)18(21)22/h1-8,15H,17H2,(H,19,20). The highest BCUT2D eigenvalue weighted by Crippen LogP contribution is 2.53. The van der Waals surface area contributed by atoms with Crippen molar-refractivity contribution >= 4 is 28.5 Å². The van der Waals surface area contributed by atoms with Crippen molar-refractivity contribution in [2.24, 2.45) is 5.92 Å². The molecule has 22 heavy (non-hydrogen) atoms. The van der Waals surface area contributed by atoms with Crippen LogP contribution in [-0.2, 0) is 4.79 Å². The van der Waals surface area contributed by atoms with Crippen LogP contribution in [0.3, 0.4) is 0 Å². The zero-order valence-electron chi connectivity index (χ0n) is 11.4. The fourth-order valence-corrected chi connectivity index (χ4v) is 2.54. The molecule has 0 saturated heterocycles. The van der Waals surface area contributed by atoms with Gasteiger partial charge in [-0.05, 0) is 46.5 Å². The third-order valence-electron chi connectivity index (χ3n) is 3.64. The second-order valence-electron chi connectivity index (χ2n) is 5.02. The molecule has 1 aliphatic rings. The maximum atomic E-state index is 11.4. The van der Waals surface area contributed by atoms with Crippen LogP contribution in [0.25, 0.3) is 11.1 Å². The number of nitrogen functional groups attached to an aromatic ring is 1. The number of non-ortho nitro benzene ring substituents is 1. The molecule has 3 N–H and O–H groups in total. The van der Waals surface area contributed by atoms with Gasteiger partial charge < -0.3 is 10.8 Å². The Labute approximate surface area is 125 Å². The van der Waals surface area contributed by atoms with Crippen LogP contribution in [0.4, 0.5) is 11.4 Å². The first kappa shape index (κ1) is 13.8. The van der Waals surface area contributed by atoms with E-state index in [1.807, 2.05) is 0 Å². The topological polar surface area (TPSA) is 106 Å². The Morgan fingerprint density at radius 1 is 1.00 bits per heavy atom. The van der Waals surface area contributed by atoms with Gasteiger partial charge in [-0.25, -0.2) is 0 Å². The maximum absolute atomic E-state index is 11.4. The number of benzene rings is 2. The van der Waals surface area contributed by atoms with Gasteiger partial charge in [0.2, 0.25) is 0 Å². The average Bonchev–Trinajstić information content (AvgIpc) is 3.24. The number of nitrogens with zero attached hydrogens (tertiary/aromatic N) is 1. The molecule has 2 aromatic carbocycles. The number of hydrogen-bond acceptors (Lipinski definition) is 4. The van der Waals surface area contributed by atoms with E-state index in [4.69, 9.17) is 5.73 Å². The summed E-state index contributed by atoms with van der Waals surface area (Å²) in [5, 5.41) is 20.0. The Bertz CT molecular complexity index is 792. The van der Waals surface area contributed by atoms with Gasteiger partial charge in [-0.3, -0.25) is 14.9 Å². The highest BCUT2D eigenvalue weighted by atomic mass is 16.6. The van der Waals surface area contributed by atoms with Crippen molar-refractivity contribution in [3.63, 3.8) is 0 Å². The van der Waals surface area contributed by atoms with Gasteiger partial charge in [-0.1, -0.05) is 12.1 Å². The number of rotatable bonds is 4. The number of nitro groups is 1. The van der Waals surface area contributed by atoms with Crippen LogP contribution < -0.4 is 5.73 Å². The molecule has 2 aromatic rings. The molecule has 0 aromatic heterocycles. The summed E-state index contributed by atoms with van der Waals surface area (Å²) in [6, 6.07) is 12.9. The number of anilines is 1. The smallest absolute Gasteiger partial charge is 0.315 e. The molecule has 6 heteroatoms. The van der Waals surface area contributed by atoms with Gasteiger partial charge in [0.05, 0.1) is 4.92 Å². The number of aliphatic carboxylic acids is 1. The molecule has 0 bridgehead atoms. The molecule has 110 valence electrons. The van der Waals surface area contributed by atoms with E-state index in [9.17, 15) is 20.0 Å². The monoisotopic (exact) mass is 296 g/mol. The van der Waals surface area contributed by atoms with Gasteiger partial charge >= 0.3 is 5.97 Å². The number of nitrogens with two attached hydrogens (primary N) is 1. The summed E-state index contributed by atoms with van der Waals surface area (Å²) in [6.07, 6.45) is 0. The zero-order valence-corrected chi connectivity index (χ0v) is 11.4. The molecule has 0 radical (unpaired) electrons. The van der Waals surface area contributed by atoms with E-state index >= 15 is 0 Å². The van der Waals surface area contributed by atoms with E-state index in [0.29, 0.717) is 16.8 Å². The molecule has 6 nitrogen and oxygen atoms in total. The molecule has 0 saturated carbocycles. The van der Waals surface area contributed by atoms with Crippen molar-refractivity contribution in [1.29, 1.82) is 0 Å². The minimum atomic E-state index is -0.930. The Kier molecular flexibility index (Phi) is 3.14. The molecule has 1 atom stereocenters. The van der Waals surface area contributed by atoms with Crippen LogP contribution in [0.15, 0.2) is 48.5 Å². The van der Waals surface area contributed by atoms with Gasteiger partial charge in [0.15, 0.2) is 0 Å². The Hall–Kier alpha value is -3.15. The van der Waals surface area contributed by atoms with Crippen LogP contribution in [0, 0.1) is 16.0 Å². The van der Waals surface area contributed by atoms with Gasteiger partial charge in [-0.2, -0.15) is 0 Å². The minimum Gasteiger partial charge on any atom is -0.481 e. The Balaban J connectivity index is 2.00. The fraction of sp³-hybridized carbons (Fsp3) is 0.0625. The Morgan fingerprint density at radius 2 is 1.45 bits per heavy atom. The van der Waals surface area contributed by atoms with Gasteiger partial charge in [0.25, 0.3) is 5.69 Å². The van der Waals surface area contributed by atoms with Gasteiger partial charge in [-0.15, -0.1) is 0 Å². The lowest BCUT2D eigenvalue weighted by molar-refractivity contribution is -0.384. The lowest BCUT2D eigenvalue weighted by Gasteiger charge is -1.97. The summed E-state index contributed by atoms with van der Waals surface area (Å²) in [7, 11) is 0. The van der Waals surface area contributed by atoms with E-state index in [1.165, 1.54) is 12.1 Å². The molecule has 1 unspecified atom stereocenters. The summed E-state index contributed by atoms with van der Waals surface area (Å²) >= 11 is 0. The lowest BCUT2D eigenvalue weighted by atomic mass is 10.1. The van der Waals surface area contributed by atoms with Crippen LogP contribution >= 0.6 is 0 Å². The molecular weight excluding hydrogens is 284 g/mol. The molecule has 0 heterocycles. The summed E-state index contributed by atoms with van der Waals surface area (Å²) in [4.78, 5) is 21.6. The molecule has 0 spiro atoms. The predicted molar refractivity (Wildman–Crippen MR) is 81.9 cm³/mol. The van der Waals surface area contributed by atoms with Crippen molar-refractivity contribution in [2.45, 2.75) is 0 Å². The predicted octanol–water partition coefficient (Wildman–Crippen LogP) is 2.80. The summed E-state index contributed by atoms with van der Waals surface area (Å²) in [6.45, 7) is 0. The average molecular weight is 296 g/mol. The quantitative estimate of drug-likeness (QED) is 0.512. The molecule has 1 aliphatic carbocycles. The fourth-order valence-electron chi connectivity index (χ4n) is 2.54. The molecule has 0 amide bonds. The first-order chi connectivity index (χ1) is 10.5. The third kappa shape index (κ3) is 2.31. The zero-order chi connectivity index (χ0) is 15.9. The van der Waals surface area contributed by atoms with Crippen molar-refractivity contribution in [2.75, 3.05) is 5.73 Å². The number of carboxylic acids is 1. The molecule has 0 fully saturated rings. The summed E-state index contributed by atoms with van der Waals surface area (Å²) < 4.78 is 0. The van der Waals surface area contributed by atoms with E-state index in [0.717, 1.165) is 11.1 Å². The van der Waals surface area contributed by atoms with Crippen molar-refractivity contribution in [3.05, 3.63) is 69.8 Å². The van der Waals surface area contributed by atoms with Crippen LogP contribution in [-0.4, -0.2) is 16.0 Å². The second kappa shape index (κ2) is 5.00. The maximum Gasteiger partial charge on any atom is 0.315 e. The number of carboxylic acid groups (broad SMARTS) is 1. The van der Waals surface area contributed by atoms with Crippen molar-refractivity contribution in [3.8, 4) is 0 Å². The highest BCUT2D eigenvalue weighted by Gasteiger charge is 2.43. The molecule has 0 aliphatic heterocycles. The van der Waals surface area contributed by atoms with E-state index in [2.05, 4.69) is 0 Å². The largest absolute Gasteiger partial charge is 0.481 e. The summed E-state index contributed by atoms with van der Waals surface area (Å²) in [5.74, 6) is -1.61. The number of carbonyl (C=O) groups is 1. The third-order valence-corrected chi connectivity index (χ3v) is 3.64. The van der Waals surface area contributed by atoms with E-state index in [1.54, 1.807) is 36.4 Å². The number of nitro benzene ring substituents is 1. The first-order valence-electron chi connectivity index (χ1n) is 6.56. The van der Waals surface area contributed by atoms with Crippen LogP contribution in [0.2, 0.25) is 0 Å². The minimum absolute atomic E-state index is 0.0223. The normalized spacial score (nSPS) is 16.5. The van der Waals surface area contributed by atoms with Gasteiger partial charge in [0, 0.05) is 17.8 Å². The summed E-state index contributed by atoms with van der Waals surface area (Å²) in [5.41, 5.74) is 9.12. The molecule has 3 rings (SSSR count). The van der Waals surface area contributed by atoms with Crippen LogP contribution in [0.5, 0.6) is 0 Å². The van der Waals surface area contributed by atoms with Crippen molar-refractivity contribution < 1.29 is 14.8 Å². The van der Waals surface area contributed by atoms with Crippen molar-refractivity contribution in [1.82, 2.24) is 0 Å². The van der Waals surface area contributed by atoms with Crippen LogP contribution in [0.1, 0.15) is 11.1 Å².